The predicted octanol–water partition coefficient (Wildman–Crippen LogP) is 6.77. The van der Waals surface area contributed by atoms with Gasteiger partial charge in [0.05, 0.1) is 0 Å². The van der Waals surface area contributed by atoms with Crippen LogP contribution >= 0.6 is 0 Å². The van der Waals surface area contributed by atoms with Crippen LogP contribution in [0, 0.1) is 145 Å². The molecule has 0 amide bonds. The Labute approximate surface area is 415 Å². The average Bonchev–Trinajstić information content (AvgIpc) is 3.26. The van der Waals surface area contributed by atoms with Crippen LogP contribution in [0.4, 0.5) is 110 Å². The van der Waals surface area contributed by atoms with Crippen LogP contribution in [0.2, 0.25) is 0 Å². The summed E-state index contributed by atoms with van der Waals surface area (Å²) >= 11 is 0. The van der Waals surface area contributed by atoms with E-state index in [2.05, 4.69) is 0 Å². The van der Waals surface area contributed by atoms with E-state index in [1.54, 1.807) is 0 Å². The van der Waals surface area contributed by atoms with Crippen molar-refractivity contribution < 1.29 is 196 Å². The van der Waals surface area contributed by atoms with Crippen molar-refractivity contribution in [3.63, 3.8) is 0 Å². The van der Waals surface area contributed by atoms with Crippen LogP contribution in [-0.2, 0) is 72.3 Å². The molecular weight excluding hydrogens is 1280 g/mol. The summed E-state index contributed by atoms with van der Waals surface area (Å²) in [4.78, 5) is -11.8. The molecule has 46 heteroatoms. The van der Waals surface area contributed by atoms with Crippen LogP contribution in [0.3, 0.4) is 0 Å². The molecule has 76 heavy (non-hydrogen) atoms. The van der Waals surface area contributed by atoms with Gasteiger partial charge < -0.3 is 18.2 Å². The Morgan fingerprint density at radius 1 is 0.197 bits per heavy atom. The molecule has 5 aromatic rings. The molecule has 0 saturated carbocycles. The summed E-state index contributed by atoms with van der Waals surface area (Å²) in [5.41, 5.74) is 0. The molecular formula is C30HF25O15S5Ti. The number of hydrogen-bond donors (Lipinski definition) is 1. The zero-order chi connectivity index (χ0) is 59.8. The fourth-order valence-electron chi connectivity index (χ4n) is 4.03. The molecule has 0 heterocycles. The first-order chi connectivity index (χ1) is 33.4. The SMILES string of the molecule is O=S(=O)(O)c1c(F)c(F)c(F)c(F)c1F.O=S(=O)([O-])c1c(F)c(F)c(F)c(F)c1F.O=S(=O)([O-])c1c(F)c(F)c(F)c(F)c1F.O=S(=O)([O-])c1c(F)c(F)c(F)c(F)c1F.O=S(=O)([O-])c1c(F)c(F)c(F)c(F)c1F.[Ti+4]. The molecule has 0 aliphatic carbocycles. The van der Waals surface area contributed by atoms with Gasteiger partial charge in [0.2, 0.25) is 29.1 Å². The van der Waals surface area contributed by atoms with Crippen LogP contribution < -0.4 is 0 Å². The minimum Gasteiger partial charge on any atom is -0.744 e. The van der Waals surface area contributed by atoms with Gasteiger partial charge >= 0.3 is 31.8 Å². The Morgan fingerprint density at radius 2 is 0.276 bits per heavy atom. The maximum Gasteiger partial charge on any atom is 4.00 e. The number of hydrogen-bond acceptors (Lipinski definition) is 14. The van der Waals surface area contributed by atoms with E-state index in [0.717, 1.165) is 0 Å². The third-order valence-corrected chi connectivity index (χ3v) is 11.4. The monoisotopic (exact) mass is 1280 g/mol. The largest absolute Gasteiger partial charge is 4.00 e. The average molecular weight is 1280 g/mol. The molecule has 0 spiro atoms. The van der Waals surface area contributed by atoms with E-state index in [1.165, 1.54) is 0 Å². The summed E-state index contributed by atoms with van der Waals surface area (Å²) in [5.74, 6) is -63.9. The molecule has 0 bridgehead atoms. The summed E-state index contributed by atoms with van der Waals surface area (Å²) in [6.45, 7) is 0. The van der Waals surface area contributed by atoms with Gasteiger partial charge in [0, 0.05) is 0 Å². The van der Waals surface area contributed by atoms with Gasteiger partial charge in [-0.2, -0.15) is 8.42 Å². The molecule has 0 saturated heterocycles. The fraction of sp³-hybridized carbons (Fsp3) is 0. The Bertz CT molecular complexity index is 3050. The topological polar surface area (TPSA) is 283 Å². The quantitative estimate of drug-likeness (QED) is 0.0625. The maximum absolute atomic E-state index is 12.6. The summed E-state index contributed by atoms with van der Waals surface area (Å²) in [6, 6.07) is 0. The van der Waals surface area contributed by atoms with Gasteiger partial charge in [-0.15, -0.1) is 0 Å². The van der Waals surface area contributed by atoms with E-state index in [0.29, 0.717) is 0 Å². The van der Waals surface area contributed by atoms with Crippen molar-refractivity contribution in [2.75, 3.05) is 0 Å². The zero-order valence-corrected chi connectivity index (χ0v) is 38.8. The Kier molecular flexibility index (Phi) is 23.2. The van der Waals surface area contributed by atoms with E-state index in [4.69, 9.17) is 4.55 Å². The van der Waals surface area contributed by atoms with E-state index in [9.17, 15) is 170 Å². The number of rotatable bonds is 5. The molecule has 1 N–H and O–H groups in total. The van der Waals surface area contributed by atoms with Gasteiger partial charge in [-0.3, -0.25) is 4.55 Å². The summed E-state index contributed by atoms with van der Waals surface area (Å²) in [5, 5.41) is 0. The van der Waals surface area contributed by atoms with Gasteiger partial charge in [0.25, 0.3) is 0 Å². The molecule has 0 aliphatic rings. The van der Waals surface area contributed by atoms with E-state index in [1.807, 2.05) is 0 Å². The van der Waals surface area contributed by atoms with E-state index >= 15 is 0 Å². The van der Waals surface area contributed by atoms with Crippen LogP contribution in [-0.4, -0.2) is 64.9 Å². The van der Waals surface area contributed by atoms with Crippen molar-refractivity contribution in [3.8, 4) is 0 Å². The van der Waals surface area contributed by atoms with Crippen molar-refractivity contribution >= 4 is 50.6 Å². The third-order valence-electron chi connectivity index (χ3n) is 7.11. The van der Waals surface area contributed by atoms with Gasteiger partial charge in [0.1, 0.15) is 60.1 Å². The van der Waals surface area contributed by atoms with Crippen molar-refractivity contribution in [1.82, 2.24) is 0 Å². The molecule has 0 aliphatic heterocycles. The molecule has 0 fully saturated rings. The predicted molar refractivity (Wildman–Crippen MR) is 173 cm³/mol. The summed E-state index contributed by atoms with van der Waals surface area (Å²) < 4.78 is 463. The van der Waals surface area contributed by atoms with Gasteiger partial charge in [-0.1, -0.05) is 0 Å². The fourth-order valence-corrected chi connectivity index (χ4v) is 7.13. The Balaban J connectivity index is 0.000000922. The molecule has 0 aromatic heterocycles. The first-order valence-electron chi connectivity index (χ1n) is 15.8. The second kappa shape index (κ2) is 24.9. The van der Waals surface area contributed by atoms with Crippen LogP contribution in [0.15, 0.2) is 24.5 Å². The molecule has 5 rings (SSSR count). The summed E-state index contributed by atoms with van der Waals surface area (Å²) in [6.07, 6.45) is 0. The van der Waals surface area contributed by atoms with Crippen molar-refractivity contribution in [2.24, 2.45) is 0 Å². The minimum absolute atomic E-state index is 0. The minimum atomic E-state index is -5.77. The van der Waals surface area contributed by atoms with Crippen molar-refractivity contribution in [1.29, 1.82) is 0 Å². The van der Waals surface area contributed by atoms with Gasteiger partial charge in [0.15, 0.2) is 121 Å². The molecule has 420 valence electrons. The Hall–Kier alpha value is -5.39. The van der Waals surface area contributed by atoms with Crippen LogP contribution in [0.1, 0.15) is 0 Å². The maximum atomic E-state index is 12.6. The molecule has 0 unspecified atom stereocenters. The molecule has 0 atom stereocenters. The van der Waals surface area contributed by atoms with Gasteiger partial charge in [-0.05, 0) is 0 Å². The Morgan fingerprint density at radius 3 is 0.355 bits per heavy atom. The smallest absolute Gasteiger partial charge is 0.744 e. The second-order valence-electron chi connectivity index (χ2n) is 11.8. The van der Waals surface area contributed by atoms with Crippen molar-refractivity contribution in [2.45, 2.75) is 24.5 Å². The normalized spacial score (nSPS) is 11.7. The van der Waals surface area contributed by atoms with E-state index < -0.39 is 220 Å². The summed E-state index contributed by atoms with van der Waals surface area (Å²) in [7, 11) is -28.6. The zero-order valence-electron chi connectivity index (χ0n) is 33.2. The van der Waals surface area contributed by atoms with Crippen molar-refractivity contribution in [3.05, 3.63) is 145 Å². The number of halogens is 25. The molecule has 5 aromatic carbocycles. The molecule has 15 nitrogen and oxygen atoms in total. The first kappa shape index (κ1) is 70.6. The van der Waals surface area contributed by atoms with Crippen LogP contribution in [0.5, 0.6) is 0 Å². The third kappa shape index (κ3) is 15.0. The number of benzene rings is 5. The molecule has 0 radical (unpaired) electrons. The second-order valence-corrected chi connectivity index (χ2v) is 18.4. The van der Waals surface area contributed by atoms with E-state index in [-0.39, 0.29) is 21.7 Å². The first-order valence-corrected chi connectivity index (χ1v) is 22.8. The van der Waals surface area contributed by atoms with Crippen LogP contribution in [0.25, 0.3) is 0 Å². The van der Waals surface area contributed by atoms with Gasteiger partial charge in [-0.25, -0.2) is 143 Å². The standard InChI is InChI=1S/5C6HF5O3S.Ti/c5*7-1-2(8)4(10)6(15(12,13)14)5(11)3(1)9;/h5*(H,12,13,14);/q;;;;;+4/p-4.